The van der Waals surface area contributed by atoms with Crippen molar-refractivity contribution in [2.24, 2.45) is 5.92 Å². The van der Waals surface area contributed by atoms with Crippen LogP contribution in [0.1, 0.15) is 49.5 Å². The zero-order valence-electron chi connectivity index (χ0n) is 14.5. The lowest BCUT2D eigenvalue weighted by atomic mass is 10.0. The number of benzene rings is 1. The Hall–Kier alpha value is -2.44. The highest BCUT2D eigenvalue weighted by molar-refractivity contribution is 5.91. The summed E-state index contributed by atoms with van der Waals surface area (Å²) in [6.45, 7) is 7.30. The van der Waals surface area contributed by atoms with Gasteiger partial charge in [0.05, 0.1) is 10.5 Å². The van der Waals surface area contributed by atoms with Gasteiger partial charge in [-0.25, -0.2) is 4.79 Å². The molecule has 0 spiro atoms. The first-order valence-corrected chi connectivity index (χ1v) is 7.92. The largest absolute Gasteiger partial charge is 0.452 e. The number of rotatable bonds is 8. The molecule has 0 saturated carbocycles. The van der Waals surface area contributed by atoms with Crippen molar-refractivity contribution in [2.75, 3.05) is 6.61 Å². The molecule has 1 amide bonds. The fourth-order valence-electron chi connectivity index (χ4n) is 2.17. The van der Waals surface area contributed by atoms with Crippen LogP contribution in [-0.2, 0) is 9.53 Å². The van der Waals surface area contributed by atoms with E-state index in [0.29, 0.717) is 11.5 Å². The van der Waals surface area contributed by atoms with Crippen LogP contribution in [0.3, 0.4) is 0 Å². The van der Waals surface area contributed by atoms with Gasteiger partial charge in [0.1, 0.15) is 0 Å². The van der Waals surface area contributed by atoms with E-state index in [1.54, 1.807) is 0 Å². The first kappa shape index (κ1) is 19.6. The molecule has 0 fully saturated rings. The normalized spacial score (nSPS) is 11.9. The van der Waals surface area contributed by atoms with E-state index in [9.17, 15) is 19.7 Å². The van der Waals surface area contributed by atoms with E-state index in [1.165, 1.54) is 25.1 Å². The standard InChI is InChI=1S/C17H24N2O5/c1-11(2)5-6-13(4)18-16(20)10-24-17(21)14-7-8-15(19(22)23)12(3)9-14/h7-9,11,13H,5-6,10H2,1-4H3,(H,18,20)/t13-/m1/s1. The molecule has 0 aliphatic heterocycles. The summed E-state index contributed by atoms with van der Waals surface area (Å²) in [7, 11) is 0. The lowest BCUT2D eigenvalue weighted by Gasteiger charge is -2.15. The number of nitro benzene ring substituents is 1. The first-order chi connectivity index (χ1) is 11.2. The molecule has 0 bridgehead atoms. The van der Waals surface area contributed by atoms with E-state index < -0.39 is 10.9 Å². The van der Waals surface area contributed by atoms with E-state index in [2.05, 4.69) is 19.2 Å². The van der Waals surface area contributed by atoms with Gasteiger partial charge in [-0.2, -0.15) is 0 Å². The molecule has 0 aliphatic carbocycles. The summed E-state index contributed by atoms with van der Waals surface area (Å²) >= 11 is 0. The number of carbonyl (C=O) groups is 2. The number of amides is 1. The average molecular weight is 336 g/mol. The second kappa shape index (κ2) is 9.00. The maximum atomic E-state index is 11.9. The Bertz CT molecular complexity index is 613. The van der Waals surface area contributed by atoms with Crippen LogP contribution in [0.4, 0.5) is 5.69 Å². The van der Waals surface area contributed by atoms with E-state index in [1.807, 2.05) is 6.92 Å². The van der Waals surface area contributed by atoms with Crippen molar-refractivity contribution in [1.82, 2.24) is 5.32 Å². The number of hydrogen-bond donors (Lipinski definition) is 1. The molecule has 24 heavy (non-hydrogen) atoms. The molecule has 1 atom stereocenters. The molecule has 0 aromatic heterocycles. The Morgan fingerprint density at radius 2 is 1.92 bits per heavy atom. The number of carbonyl (C=O) groups excluding carboxylic acids is 2. The van der Waals surface area contributed by atoms with Gasteiger partial charge in [-0.15, -0.1) is 0 Å². The lowest BCUT2D eigenvalue weighted by molar-refractivity contribution is -0.385. The molecule has 0 saturated heterocycles. The fraction of sp³-hybridized carbons (Fsp3) is 0.529. The number of hydrogen-bond acceptors (Lipinski definition) is 5. The maximum Gasteiger partial charge on any atom is 0.338 e. The van der Waals surface area contributed by atoms with Gasteiger partial charge in [0.25, 0.3) is 11.6 Å². The minimum absolute atomic E-state index is 0.0141. The van der Waals surface area contributed by atoms with Gasteiger partial charge in [-0.1, -0.05) is 13.8 Å². The zero-order valence-corrected chi connectivity index (χ0v) is 14.5. The molecule has 1 rings (SSSR count). The molecular formula is C17H24N2O5. The predicted octanol–water partition coefficient (Wildman–Crippen LogP) is 3.00. The lowest BCUT2D eigenvalue weighted by Crippen LogP contribution is -2.36. The van der Waals surface area contributed by atoms with Gasteiger partial charge in [-0.3, -0.25) is 14.9 Å². The summed E-state index contributed by atoms with van der Waals surface area (Å²) in [6.07, 6.45) is 1.86. The monoisotopic (exact) mass is 336 g/mol. The van der Waals surface area contributed by atoms with Crippen LogP contribution in [0.15, 0.2) is 18.2 Å². The highest BCUT2D eigenvalue weighted by Crippen LogP contribution is 2.19. The quantitative estimate of drug-likeness (QED) is 0.447. The number of ether oxygens (including phenoxy) is 1. The van der Waals surface area contributed by atoms with Crippen molar-refractivity contribution in [2.45, 2.75) is 46.6 Å². The van der Waals surface area contributed by atoms with Gasteiger partial charge in [-0.05, 0) is 44.7 Å². The third-order valence-corrected chi connectivity index (χ3v) is 3.55. The number of nitrogens with zero attached hydrogens (tertiary/aromatic N) is 1. The van der Waals surface area contributed by atoms with Crippen molar-refractivity contribution in [3.05, 3.63) is 39.4 Å². The topological polar surface area (TPSA) is 98.5 Å². The molecule has 7 heteroatoms. The summed E-state index contributed by atoms with van der Waals surface area (Å²) in [5, 5.41) is 13.5. The number of nitro groups is 1. The fourth-order valence-corrected chi connectivity index (χ4v) is 2.17. The van der Waals surface area contributed by atoms with Crippen molar-refractivity contribution in [3.63, 3.8) is 0 Å². The summed E-state index contributed by atoms with van der Waals surface area (Å²) in [4.78, 5) is 33.9. The van der Waals surface area contributed by atoms with Crippen molar-refractivity contribution >= 4 is 17.6 Å². The van der Waals surface area contributed by atoms with Crippen LogP contribution in [-0.4, -0.2) is 29.4 Å². The molecule has 132 valence electrons. The molecule has 0 unspecified atom stereocenters. The van der Waals surface area contributed by atoms with Crippen LogP contribution in [0.5, 0.6) is 0 Å². The summed E-state index contributed by atoms with van der Waals surface area (Å²) in [6, 6.07) is 3.96. The van der Waals surface area contributed by atoms with Crippen LogP contribution in [0.2, 0.25) is 0 Å². The smallest absolute Gasteiger partial charge is 0.338 e. The number of esters is 1. The molecule has 0 heterocycles. The molecule has 0 aliphatic rings. The maximum absolute atomic E-state index is 11.9. The second-order valence-electron chi connectivity index (χ2n) is 6.27. The Balaban J connectivity index is 2.49. The number of aryl methyl sites for hydroxylation is 1. The average Bonchev–Trinajstić information content (AvgIpc) is 2.50. The molecule has 1 aromatic rings. The molecule has 0 radical (unpaired) electrons. The van der Waals surface area contributed by atoms with E-state index in [-0.39, 0.29) is 29.8 Å². The zero-order chi connectivity index (χ0) is 18.3. The molecule has 7 nitrogen and oxygen atoms in total. The van der Waals surface area contributed by atoms with Crippen LogP contribution in [0, 0.1) is 23.0 Å². The highest BCUT2D eigenvalue weighted by atomic mass is 16.6. The van der Waals surface area contributed by atoms with E-state index in [0.717, 1.165) is 12.8 Å². The first-order valence-electron chi connectivity index (χ1n) is 7.92. The van der Waals surface area contributed by atoms with Gasteiger partial charge in [0.2, 0.25) is 0 Å². The summed E-state index contributed by atoms with van der Waals surface area (Å²) < 4.78 is 4.95. The van der Waals surface area contributed by atoms with Gasteiger partial charge in [0, 0.05) is 17.7 Å². The Kier molecular flexibility index (Phi) is 7.35. The van der Waals surface area contributed by atoms with Crippen LogP contribution in [0.25, 0.3) is 0 Å². The van der Waals surface area contributed by atoms with Crippen LogP contribution >= 0.6 is 0 Å². The Labute approximate surface area is 141 Å². The summed E-state index contributed by atoms with van der Waals surface area (Å²) in [5.74, 6) is -0.483. The van der Waals surface area contributed by atoms with E-state index >= 15 is 0 Å². The summed E-state index contributed by atoms with van der Waals surface area (Å²) in [5.41, 5.74) is 0.475. The van der Waals surface area contributed by atoms with Crippen molar-refractivity contribution in [1.29, 1.82) is 0 Å². The van der Waals surface area contributed by atoms with Crippen molar-refractivity contribution in [3.8, 4) is 0 Å². The highest BCUT2D eigenvalue weighted by Gasteiger charge is 2.16. The predicted molar refractivity (Wildman–Crippen MR) is 89.8 cm³/mol. The van der Waals surface area contributed by atoms with Gasteiger partial charge >= 0.3 is 5.97 Å². The molecular weight excluding hydrogens is 312 g/mol. The second-order valence-corrected chi connectivity index (χ2v) is 6.27. The van der Waals surface area contributed by atoms with Crippen LogP contribution < -0.4 is 5.32 Å². The van der Waals surface area contributed by atoms with Gasteiger partial charge < -0.3 is 10.1 Å². The minimum atomic E-state index is -0.682. The third kappa shape index (κ3) is 6.36. The Morgan fingerprint density at radius 3 is 2.46 bits per heavy atom. The van der Waals surface area contributed by atoms with Gasteiger partial charge in [0.15, 0.2) is 6.61 Å². The molecule has 1 N–H and O–H groups in total. The van der Waals surface area contributed by atoms with E-state index in [4.69, 9.17) is 4.74 Å². The number of nitrogens with one attached hydrogen (secondary N) is 1. The SMILES string of the molecule is Cc1cc(C(=O)OCC(=O)N[C@H](C)CCC(C)C)ccc1[N+](=O)[O-]. The van der Waals surface area contributed by atoms with Crippen molar-refractivity contribution < 1.29 is 19.2 Å². The Morgan fingerprint density at radius 1 is 1.25 bits per heavy atom. The molecule has 1 aromatic carbocycles. The third-order valence-electron chi connectivity index (χ3n) is 3.55. The minimum Gasteiger partial charge on any atom is -0.452 e.